The van der Waals surface area contributed by atoms with Gasteiger partial charge in [0.1, 0.15) is 11.5 Å². The minimum absolute atomic E-state index is 0.0985. The van der Waals surface area contributed by atoms with E-state index >= 15 is 0 Å². The molecular formula is C18H20ClNO3. The molecule has 0 aliphatic carbocycles. The van der Waals surface area contributed by atoms with Gasteiger partial charge >= 0.3 is 0 Å². The second kappa shape index (κ2) is 6.20. The zero-order valence-electron chi connectivity index (χ0n) is 13.9. The molecule has 0 amide bonds. The van der Waals surface area contributed by atoms with Crippen LogP contribution in [0.4, 0.5) is 5.69 Å². The molecule has 0 aliphatic heterocycles. The van der Waals surface area contributed by atoms with Crippen molar-refractivity contribution < 1.29 is 9.66 Å². The second-order valence-corrected chi connectivity index (χ2v) is 7.06. The van der Waals surface area contributed by atoms with Crippen LogP contribution in [0.25, 0.3) is 0 Å². The van der Waals surface area contributed by atoms with Gasteiger partial charge in [-0.3, -0.25) is 10.1 Å². The van der Waals surface area contributed by atoms with E-state index in [0.29, 0.717) is 22.1 Å². The van der Waals surface area contributed by atoms with E-state index in [9.17, 15) is 10.1 Å². The number of halogens is 1. The average Bonchev–Trinajstić information content (AvgIpc) is 2.43. The van der Waals surface area contributed by atoms with Gasteiger partial charge in [0.25, 0.3) is 5.69 Å². The first-order valence-electron chi connectivity index (χ1n) is 7.33. The molecule has 0 aliphatic rings. The van der Waals surface area contributed by atoms with Crippen LogP contribution < -0.4 is 4.74 Å². The van der Waals surface area contributed by atoms with Crippen LogP contribution in [-0.4, -0.2) is 4.92 Å². The highest BCUT2D eigenvalue weighted by molar-refractivity contribution is 6.31. The SMILES string of the molecule is Cc1cc([N+](=O)[O-])c(C)cc1Oc1ccc(Cl)c(C(C)(C)C)c1. The highest BCUT2D eigenvalue weighted by atomic mass is 35.5. The highest BCUT2D eigenvalue weighted by Crippen LogP contribution is 2.36. The molecule has 23 heavy (non-hydrogen) atoms. The van der Waals surface area contributed by atoms with E-state index < -0.39 is 0 Å². The monoisotopic (exact) mass is 333 g/mol. The molecule has 0 saturated carbocycles. The summed E-state index contributed by atoms with van der Waals surface area (Å²) in [7, 11) is 0. The Morgan fingerprint density at radius 1 is 1.09 bits per heavy atom. The van der Waals surface area contributed by atoms with Crippen molar-refractivity contribution in [1.29, 1.82) is 0 Å². The third-order valence-corrected chi connectivity index (χ3v) is 3.99. The highest BCUT2D eigenvalue weighted by Gasteiger charge is 2.19. The van der Waals surface area contributed by atoms with Crippen LogP contribution in [0.2, 0.25) is 5.02 Å². The van der Waals surface area contributed by atoms with Crippen LogP contribution in [0.5, 0.6) is 11.5 Å². The Kier molecular flexibility index (Phi) is 4.66. The van der Waals surface area contributed by atoms with Crippen LogP contribution in [0.1, 0.15) is 37.5 Å². The summed E-state index contributed by atoms with van der Waals surface area (Å²) in [4.78, 5) is 10.6. The maximum Gasteiger partial charge on any atom is 0.272 e. The molecule has 2 rings (SSSR count). The van der Waals surface area contributed by atoms with Gasteiger partial charge < -0.3 is 4.74 Å². The molecule has 5 heteroatoms. The lowest BCUT2D eigenvalue weighted by Gasteiger charge is -2.21. The predicted molar refractivity (Wildman–Crippen MR) is 92.8 cm³/mol. The molecule has 0 saturated heterocycles. The third-order valence-electron chi connectivity index (χ3n) is 3.66. The number of aryl methyl sites for hydroxylation is 2. The number of benzene rings is 2. The van der Waals surface area contributed by atoms with Crippen molar-refractivity contribution in [3.8, 4) is 11.5 Å². The summed E-state index contributed by atoms with van der Waals surface area (Å²) in [5, 5.41) is 11.7. The zero-order valence-corrected chi connectivity index (χ0v) is 14.7. The maximum atomic E-state index is 11.0. The molecule has 122 valence electrons. The van der Waals surface area contributed by atoms with E-state index in [0.717, 1.165) is 11.1 Å². The number of nitro benzene ring substituents is 1. The summed E-state index contributed by atoms with van der Waals surface area (Å²) in [6, 6.07) is 8.75. The lowest BCUT2D eigenvalue weighted by atomic mass is 9.87. The van der Waals surface area contributed by atoms with Crippen LogP contribution in [0, 0.1) is 24.0 Å². The van der Waals surface area contributed by atoms with E-state index in [-0.39, 0.29) is 16.0 Å². The minimum Gasteiger partial charge on any atom is -0.457 e. The molecule has 0 heterocycles. The van der Waals surface area contributed by atoms with Gasteiger partial charge in [0.2, 0.25) is 0 Å². The molecule has 2 aromatic rings. The van der Waals surface area contributed by atoms with Crippen molar-refractivity contribution in [3.05, 3.63) is 62.2 Å². The number of rotatable bonds is 3. The summed E-state index contributed by atoms with van der Waals surface area (Å²) < 4.78 is 5.93. The first kappa shape index (κ1) is 17.3. The van der Waals surface area contributed by atoms with Gasteiger partial charge in [-0.15, -0.1) is 0 Å². The first-order chi connectivity index (χ1) is 10.6. The summed E-state index contributed by atoms with van der Waals surface area (Å²) in [6.45, 7) is 9.74. The third kappa shape index (κ3) is 3.82. The number of hydrogen-bond donors (Lipinski definition) is 0. The van der Waals surface area contributed by atoms with E-state index in [1.807, 2.05) is 12.1 Å². The molecule has 2 aromatic carbocycles. The van der Waals surface area contributed by atoms with Gasteiger partial charge in [-0.05, 0) is 54.7 Å². The van der Waals surface area contributed by atoms with E-state index in [2.05, 4.69) is 20.8 Å². The van der Waals surface area contributed by atoms with Crippen molar-refractivity contribution in [3.63, 3.8) is 0 Å². The van der Waals surface area contributed by atoms with Crippen molar-refractivity contribution >= 4 is 17.3 Å². The van der Waals surface area contributed by atoms with E-state index in [1.165, 1.54) is 6.07 Å². The van der Waals surface area contributed by atoms with Crippen LogP contribution in [0.15, 0.2) is 30.3 Å². The Labute approximate surface area is 141 Å². The maximum absolute atomic E-state index is 11.0. The predicted octanol–water partition coefficient (Wildman–Crippen LogP) is 5.95. The fourth-order valence-electron chi connectivity index (χ4n) is 2.35. The van der Waals surface area contributed by atoms with Gasteiger partial charge in [0.05, 0.1) is 4.92 Å². The lowest BCUT2D eigenvalue weighted by molar-refractivity contribution is -0.385. The lowest BCUT2D eigenvalue weighted by Crippen LogP contribution is -2.11. The fraction of sp³-hybridized carbons (Fsp3) is 0.333. The number of hydrogen-bond acceptors (Lipinski definition) is 3. The summed E-state index contributed by atoms with van der Waals surface area (Å²) in [5.41, 5.74) is 2.28. The Morgan fingerprint density at radius 3 is 2.30 bits per heavy atom. The first-order valence-corrected chi connectivity index (χ1v) is 7.71. The molecule has 0 atom stereocenters. The van der Waals surface area contributed by atoms with Crippen molar-refractivity contribution in [2.75, 3.05) is 0 Å². The molecule has 0 fully saturated rings. The van der Waals surface area contributed by atoms with Gasteiger partial charge in [0, 0.05) is 16.7 Å². The standard InChI is InChI=1S/C18H20ClNO3/c1-11-9-17(12(2)8-16(11)20(21)22)23-13-6-7-15(19)14(10-13)18(3,4)5/h6-10H,1-5H3. The van der Waals surface area contributed by atoms with Gasteiger partial charge in [0.15, 0.2) is 0 Å². The normalized spacial score (nSPS) is 11.4. The molecule has 0 spiro atoms. The average molecular weight is 334 g/mol. The quantitative estimate of drug-likeness (QED) is 0.514. The van der Waals surface area contributed by atoms with Crippen molar-refractivity contribution in [2.45, 2.75) is 40.0 Å². The van der Waals surface area contributed by atoms with E-state index in [1.54, 1.807) is 26.0 Å². The van der Waals surface area contributed by atoms with Gasteiger partial charge in [-0.2, -0.15) is 0 Å². The molecule has 4 nitrogen and oxygen atoms in total. The Hall–Kier alpha value is -2.07. The van der Waals surface area contributed by atoms with Crippen LogP contribution in [0.3, 0.4) is 0 Å². The fourth-order valence-corrected chi connectivity index (χ4v) is 2.75. The molecule has 0 unspecified atom stereocenters. The number of ether oxygens (including phenoxy) is 1. The smallest absolute Gasteiger partial charge is 0.272 e. The molecular weight excluding hydrogens is 314 g/mol. The minimum atomic E-state index is -0.383. The Morgan fingerprint density at radius 2 is 1.74 bits per heavy atom. The molecule has 0 radical (unpaired) electrons. The summed E-state index contributed by atoms with van der Waals surface area (Å²) in [6.07, 6.45) is 0. The second-order valence-electron chi connectivity index (χ2n) is 6.66. The topological polar surface area (TPSA) is 52.4 Å². The Balaban J connectivity index is 2.40. The number of nitrogens with zero attached hydrogens (tertiary/aromatic N) is 1. The van der Waals surface area contributed by atoms with Gasteiger partial charge in [-0.25, -0.2) is 0 Å². The van der Waals surface area contributed by atoms with Gasteiger partial charge in [-0.1, -0.05) is 32.4 Å². The zero-order chi connectivity index (χ0) is 17.4. The molecule has 0 bridgehead atoms. The number of nitro groups is 1. The largest absolute Gasteiger partial charge is 0.457 e. The van der Waals surface area contributed by atoms with Crippen molar-refractivity contribution in [1.82, 2.24) is 0 Å². The van der Waals surface area contributed by atoms with Crippen LogP contribution >= 0.6 is 11.6 Å². The van der Waals surface area contributed by atoms with Crippen molar-refractivity contribution in [2.24, 2.45) is 0 Å². The summed E-state index contributed by atoms with van der Waals surface area (Å²) >= 11 is 6.27. The Bertz CT molecular complexity index is 764. The van der Waals surface area contributed by atoms with Crippen LogP contribution in [-0.2, 0) is 5.41 Å². The molecule has 0 aromatic heterocycles. The molecule has 0 N–H and O–H groups in total. The summed E-state index contributed by atoms with van der Waals surface area (Å²) in [5.74, 6) is 1.27. The van der Waals surface area contributed by atoms with E-state index in [4.69, 9.17) is 16.3 Å².